The van der Waals surface area contributed by atoms with Gasteiger partial charge in [-0.25, -0.2) is 9.78 Å². The van der Waals surface area contributed by atoms with Crippen LogP contribution in [0.15, 0.2) is 12.4 Å². The number of hydrogen-bond acceptors (Lipinski definition) is 5. The van der Waals surface area contributed by atoms with Gasteiger partial charge < -0.3 is 15.5 Å². The second-order valence-corrected chi connectivity index (χ2v) is 3.47. The van der Waals surface area contributed by atoms with Gasteiger partial charge >= 0.3 is 5.97 Å². The monoisotopic (exact) mass is 235 g/mol. The van der Waals surface area contributed by atoms with Crippen LogP contribution < -0.4 is 5.73 Å². The van der Waals surface area contributed by atoms with Gasteiger partial charge in [-0.3, -0.25) is 4.68 Å². The van der Waals surface area contributed by atoms with E-state index in [-0.39, 0.29) is 5.69 Å². The summed E-state index contributed by atoms with van der Waals surface area (Å²) < 4.78 is 6.47. The van der Waals surface area contributed by atoms with Gasteiger partial charge in [0.2, 0.25) is 0 Å². The SMILES string of the molecule is CCOC(=O)c1nn(C)cc1-c1cnc(N)[nH]1. The fourth-order valence-corrected chi connectivity index (χ4v) is 1.51. The fourth-order valence-electron chi connectivity index (χ4n) is 1.51. The molecule has 0 radical (unpaired) electrons. The number of nitrogens with one attached hydrogen (secondary N) is 1. The normalized spacial score (nSPS) is 10.5. The van der Waals surface area contributed by atoms with E-state index < -0.39 is 5.97 Å². The summed E-state index contributed by atoms with van der Waals surface area (Å²) in [6, 6.07) is 0. The van der Waals surface area contributed by atoms with E-state index in [9.17, 15) is 4.79 Å². The molecule has 0 spiro atoms. The number of ether oxygens (including phenoxy) is 1. The molecule has 0 amide bonds. The minimum Gasteiger partial charge on any atom is -0.461 e. The minimum atomic E-state index is -0.462. The molecule has 7 nitrogen and oxygen atoms in total. The second-order valence-electron chi connectivity index (χ2n) is 3.47. The largest absolute Gasteiger partial charge is 0.461 e. The van der Waals surface area contributed by atoms with Gasteiger partial charge in [-0.1, -0.05) is 0 Å². The van der Waals surface area contributed by atoms with Gasteiger partial charge in [-0.15, -0.1) is 0 Å². The molecule has 2 aromatic rings. The first-order valence-corrected chi connectivity index (χ1v) is 5.13. The first-order chi connectivity index (χ1) is 8.11. The Balaban J connectivity index is 2.43. The molecule has 3 N–H and O–H groups in total. The molecular formula is C10H13N5O2. The lowest BCUT2D eigenvalue weighted by molar-refractivity contribution is 0.0519. The third-order valence-electron chi connectivity index (χ3n) is 2.18. The third kappa shape index (κ3) is 2.12. The summed E-state index contributed by atoms with van der Waals surface area (Å²) in [4.78, 5) is 18.4. The Morgan fingerprint density at radius 1 is 1.65 bits per heavy atom. The number of nitrogen functional groups attached to an aromatic ring is 1. The van der Waals surface area contributed by atoms with E-state index in [1.807, 2.05) is 0 Å². The summed E-state index contributed by atoms with van der Waals surface area (Å²) in [6.45, 7) is 2.05. The molecule has 90 valence electrons. The maximum absolute atomic E-state index is 11.7. The molecule has 0 fully saturated rings. The Hall–Kier alpha value is -2.31. The maximum atomic E-state index is 11.7. The van der Waals surface area contributed by atoms with Crippen LogP contribution in [-0.4, -0.2) is 32.3 Å². The van der Waals surface area contributed by atoms with Crippen molar-refractivity contribution in [3.05, 3.63) is 18.1 Å². The average molecular weight is 235 g/mol. The molecular weight excluding hydrogens is 222 g/mol. The maximum Gasteiger partial charge on any atom is 0.359 e. The van der Waals surface area contributed by atoms with Crippen LogP contribution in [-0.2, 0) is 11.8 Å². The highest BCUT2D eigenvalue weighted by Gasteiger charge is 2.19. The number of imidazole rings is 1. The lowest BCUT2D eigenvalue weighted by atomic mass is 10.2. The van der Waals surface area contributed by atoms with Gasteiger partial charge in [-0.2, -0.15) is 5.10 Å². The number of aromatic amines is 1. The highest BCUT2D eigenvalue weighted by Crippen LogP contribution is 2.22. The van der Waals surface area contributed by atoms with Crippen molar-refractivity contribution in [2.75, 3.05) is 12.3 Å². The van der Waals surface area contributed by atoms with Crippen LogP contribution in [0, 0.1) is 0 Å². The van der Waals surface area contributed by atoms with Crippen LogP contribution in [0.25, 0.3) is 11.3 Å². The molecule has 0 aliphatic carbocycles. The van der Waals surface area contributed by atoms with Crippen molar-refractivity contribution in [2.45, 2.75) is 6.92 Å². The average Bonchev–Trinajstić information content (AvgIpc) is 2.84. The van der Waals surface area contributed by atoms with E-state index in [1.54, 1.807) is 31.0 Å². The summed E-state index contributed by atoms with van der Waals surface area (Å²) in [7, 11) is 1.73. The van der Waals surface area contributed by atoms with Crippen LogP contribution >= 0.6 is 0 Å². The lowest BCUT2D eigenvalue weighted by Gasteiger charge is -1.99. The minimum absolute atomic E-state index is 0.248. The van der Waals surface area contributed by atoms with Crippen molar-refractivity contribution in [1.29, 1.82) is 0 Å². The van der Waals surface area contributed by atoms with Crippen LogP contribution in [0.5, 0.6) is 0 Å². The zero-order valence-electron chi connectivity index (χ0n) is 9.60. The highest BCUT2D eigenvalue weighted by atomic mass is 16.5. The van der Waals surface area contributed by atoms with E-state index in [4.69, 9.17) is 10.5 Å². The number of esters is 1. The second kappa shape index (κ2) is 4.28. The number of nitrogens with two attached hydrogens (primary N) is 1. The lowest BCUT2D eigenvalue weighted by Crippen LogP contribution is -2.07. The number of hydrogen-bond donors (Lipinski definition) is 2. The van der Waals surface area contributed by atoms with Gasteiger partial charge in [-0.05, 0) is 6.92 Å². The Kier molecular flexibility index (Phi) is 2.82. The molecule has 0 bridgehead atoms. The predicted octanol–water partition coefficient (Wildman–Crippen LogP) is 0.569. The van der Waals surface area contributed by atoms with Gasteiger partial charge in [0.25, 0.3) is 0 Å². The molecule has 0 saturated carbocycles. The Labute approximate surface area is 97.6 Å². The van der Waals surface area contributed by atoms with Crippen LogP contribution in [0.4, 0.5) is 5.95 Å². The van der Waals surface area contributed by atoms with Gasteiger partial charge in [0.15, 0.2) is 11.6 Å². The van der Waals surface area contributed by atoms with Crippen LogP contribution in [0.3, 0.4) is 0 Å². The number of aromatic nitrogens is 4. The van der Waals surface area contributed by atoms with E-state index >= 15 is 0 Å². The highest BCUT2D eigenvalue weighted by molar-refractivity contribution is 5.94. The third-order valence-corrected chi connectivity index (χ3v) is 2.18. The molecule has 2 heterocycles. The number of anilines is 1. The topological polar surface area (TPSA) is 98.8 Å². The van der Waals surface area contributed by atoms with Crippen LogP contribution in [0.1, 0.15) is 17.4 Å². The van der Waals surface area contributed by atoms with Crippen molar-refractivity contribution >= 4 is 11.9 Å². The molecule has 2 aromatic heterocycles. The molecule has 7 heteroatoms. The van der Waals surface area contributed by atoms with Crippen molar-refractivity contribution in [3.8, 4) is 11.3 Å². The molecule has 0 aromatic carbocycles. The van der Waals surface area contributed by atoms with Crippen molar-refractivity contribution in [3.63, 3.8) is 0 Å². The van der Waals surface area contributed by atoms with E-state index in [1.165, 1.54) is 0 Å². The van der Waals surface area contributed by atoms with E-state index in [2.05, 4.69) is 15.1 Å². The molecule has 0 aliphatic heterocycles. The zero-order chi connectivity index (χ0) is 12.4. The summed E-state index contributed by atoms with van der Waals surface area (Å²) in [5, 5.41) is 4.07. The molecule has 17 heavy (non-hydrogen) atoms. The van der Waals surface area contributed by atoms with Crippen molar-refractivity contribution in [1.82, 2.24) is 19.7 Å². The van der Waals surface area contributed by atoms with Gasteiger partial charge in [0.05, 0.1) is 24.1 Å². The Morgan fingerprint density at radius 3 is 3.00 bits per heavy atom. The summed E-state index contributed by atoms with van der Waals surface area (Å²) in [5.74, 6) is -0.171. The molecule has 0 aliphatic rings. The molecule has 0 atom stereocenters. The smallest absolute Gasteiger partial charge is 0.359 e. The Bertz CT molecular complexity index is 543. The molecule has 0 unspecified atom stereocenters. The summed E-state index contributed by atoms with van der Waals surface area (Å²) in [6.07, 6.45) is 3.26. The number of nitrogens with zero attached hydrogens (tertiary/aromatic N) is 3. The van der Waals surface area contributed by atoms with Crippen LogP contribution in [0.2, 0.25) is 0 Å². The molecule has 2 rings (SSSR count). The first-order valence-electron chi connectivity index (χ1n) is 5.13. The quantitative estimate of drug-likeness (QED) is 0.758. The van der Waals surface area contributed by atoms with Crippen molar-refractivity contribution < 1.29 is 9.53 Å². The molecule has 0 saturated heterocycles. The summed E-state index contributed by atoms with van der Waals surface area (Å²) >= 11 is 0. The predicted molar refractivity (Wildman–Crippen MR) is 61.2 cm³/mol. The zero-order valence-corrected chi connectivity index (χ0v) is 9.60. The first kappa shape index (κ1) is 11.2. The number of H-pyrrole nitrogens is 1. The number of carbonyl (C=O) groups excluding carboxylic acids is 1. The number of rotatable bonds is 3. The number of aryl methyl sites for hydroxylation is 1. The van der Waals surface area contributed by atoms with E-state index in [0.717, 1.165) is 0 Å². The standard InChI is InChI=1S/C10H13N5O2/c1-3-17-9(16)8-6(5-15(2)14-8)7-4-12-10(11)13-7/h4-5H,3H2,1-2H3,(H3,11,12,13). The number of carbonyl (C=O) groups is 1. The van der Waals surface area contributed by atoms with Gasteiger partial charge in [0, 0.05) is 13.2 Å². The summed E-state index contributed by atoms with van der Waals surface area (Å²) in [5.41, 5.74) is 7.00. The Morgan fingerprint density at radius 2 is 2.41 bits per heavy atom. The van der Waals surface area contributed by atoms with E-state index in [0.29, 0.717) is 23.8 Å². The van der Waals surface area contributed by atoms with Gasteiger partial charge in [0.1, 0.15) is 0 Å². The van der Waals surface area contributed by atoms with Crippen molar-refractivity contribution in [2.24, 2.45) is 7.05 Å². The fraction of sp³-hybridized carbons (Fsp3) is 0.300.